The van der Waals surface area contributed by atoms with Crippen LogP contribution in [0.3, 0.4) is 0 Å². The zero-order valence-corrected chi connectivity index (χ0v) is 18.9. The number of hydrogen-bond donors (Lipinski definition) is 3. The standard InChI is InChI=1S/C25H20FN5O5/c1-36-23-11-21(30-25(34)35)20(10-18(23)17-7-2-3-8-19(17)26)29-24(33)12-22(32)15-5-4-6-16(9-15)31-13-27-28-14-31/h2-11,13-14,30H,12H2,1H3,(H,29,33)(H,34,35). The maximum absolute atomic E-state index is 14.5. The molecule has 0 bridgehead atoms. The van der Waals surface area contributed by atoms with Gasteiger partial charge in [-0.1, -0.05) is 30.3 Å². The van der Waals surface area contributed by atoms with Gasteiger partial charge in [-0.15, -0.1) is 10.2 Å². The summed E-state index contributed by atoms with van der Waals surface area (Å²) in [6, 6.07) is 15.3. The average molecular weight is 489 g/mol. The Morgan fingerprint density at radius 3 is 2.36 bits per heavy atom. The molecule has 182 valence electrons. The van der Waals surface area contributed by atoms with Crippen molar-refractivity contribution in [3.05, 3.63) is 84.7 Å². The van der Waals surface area contributed by atoms with Crippen molar-refractivity contribution in [2.24, 2.45) is 0 Å². The van der Waals surface area contributed by atoms with E-state index in [4.69, 9.17) is 4.74 Å². The number of carbonyl (C=O) groups excluding carboxylic acids is 2. The van der Waals surface area contributed by atoms with Crippen molar-refractivity contribution in [2.45, 2.75) is 6.42 Å². The average Bonchev–Trinajstić information content (AvgIpc) is 3.40. The highest BCUT2D eigenvalue weighted by Crippen LogP contribution is 2.39. The number of carboxylic acid groups (broad SMARTS) is 1. The number of carbonyl (C=O) groups is 3. The van der Waals surface area contributed by atoms with Crippen LogP contribution in [0.25, 0.3) is 16.8 Å². The first-order chi connectivity index (χ1) is 17.4. The molecule has 0 aliphatic rings. The maximum Gasteiger partial charge on any atom is 0.409 e. The van der Waals surface area contributed by atoms with Crippen molar-refractivity contribution >= 4 is 29.2 Å². The largest absolute Gasteiger partial charge is 0.496 e. The van der Waals surface area contributed by atoms with Crippen LogP contribution in [0.15, 0.2) is 73.3 Å². The minimum absolute atomic E-state index is 0.00477. The predicted octanol–water partition coefficient (Wildman–Crippen LogP) is 4.38. The molecule has 4 aromatic rings. The van der Waals surface area contributed by atoms with Crippen molar-refractivity contribution in [2.75, 3.05) is 17.7 Å². The van der Waals surface area contributed by atoms with Gasteiger partial charge in [0, 0.05) is 28.4 Å². The van der Waals surface area contributed by atoms with Gasteiger partial charge in [-0.25, -0.2) is 9.18 Å². The second-order valence-electron chi connectivity index (χ2n) is 7.58. The van der Waals surface area contributed by atoms with Crippen molar-refractivity contribution in [1.29, 1.82) is 0 Å². The number of Topliss-reactive ketones (excluding diaryl/α,β-unsaturated/α-hetero) is 1. The lowest BCUT2D eigenvalue weighted by molar-refractivity contribution is -0.115. The molecule has 0 fully saturated rings. The molecule has 2 amide bonds. The number of amides is 2. The van der Waals surface area contributed by atoms with Crippen LogP contribution in [-0.4, -0.2) is 44.8 Å². The third-order valence-corrected chi connectivity index (χ3v) is 5.23. The van der Waals surface area contributed by atoms with E-state index in [-0.39, 0.29) is 28.3 Å². The van der Waals surface area contributed by atoms with Gasteiger partial charge in [0.05, 0.1) is 24.9 Å². The number of aromatic nitrogens is 3. The van der Waals surface area contributed by atoms with Crippen molar-refractivity contribution < 1.29 is 28.6 Å². The van der Waals surface area contributed by atoms with Gasteiger partial charge in [0.2, 0.25) is 5.91 Å². The van der Waals surface area contributed by atoms with Crippen LogP contribution >= 0.6 is 0 Å². The van der Waals surface area contributed by atoms with Gasteiger partial charge in [-0.3, -0.25) is 19.5 Å². The highest BCUT2D eigenvalue weighted by Gasteiger charge is 2.19. The third kappa shape index (κ3) is 5.36. The Balaban J connectivity index is 1.61. The van der Waals surface area contributed by atoms with E-state index in [0.717, 1.165) is 0 Å². The molecule has 0 atom stereocenters. The van der Waals surface area contributed by atoms with E-state index in [2.05, 4.69) is 20.8 Å². The van der Waals surface area contributed by atoms with Gasteiger partial charge in [0.15, 0.2) is 5.78 Å². The van der Waals surface area contributed by atoms with Gasteiger partial charge in [0.1, 0.15) is 24.2 Å². The molecule has 0 saturated carbocycles. The van der Waals surface area contributed by atoms with Crippen LogP contribution in [0.4, 0.5) is 20.6 Å². The maximum atomic E-state index is 14.5. The van der Waals surface area contributed by atoms with Gasteiger partial charge >= 0.3 is 6.09 Å². The normalized spacial score (nSPS) is 10.5. The summed E-state index contributed by atoms with van der Waals surface area (Å²) in [6.07, 6.45) is 1.06. The van der Waals surface area contributed by atoms with Crippen molar-refractivity contribution in [3.63, 3.8) is 0 Å². The van der Waals surface area contributed by atoms with E-state index < -0.39 is 30.0 Å². The Morgan fingerprint density at radius 1 is 0.944 bits per heavy atom. The molecule has 0 spiro atoms. The van der Waals surface area contributed by atoms with Crippen LogP contribution in [0, 0.1) is 5.82 Å². The summed E-state index contributed by atoms with van der Waals surface area (Å²) >= 11 is 0. The molecule has 0 radical (unpaired) electrons. The summed E-state index contributed by atoms with van der Waals surface area (Å²) in [7, 11) is 1.36. The fraction of sp³-hybridized carbons (Fsp3) is 0.0800. The molecule has 1 heterocycles. The van der Waals surface area contributed by atoms with Gasteiger partial charge in [-0.05, 0) is 24.3 Å². The third-order valence-electron chi connectivity index (χ3n) is 5.23. The molecule has 0 unspecified atom stereocenters. The fourth-order valence-corrected chi connectivity index (χ4v) is 3.58. The summed E-state index contributed by atoms with van der Waals surface area (Å²) in [5.74, 6) is -1.50. The Labute approximate surface area is 204 Å². The lowest BCUT2D eigenvalue weighted by Gasteiger charge is -2.17. The van der Waals surface area contributed by atoms with Crippen LogP contribution in [0.5, 0.6) is 5.75 Å². The van der Waals surface area contributed by atoms with Gasteiger partial charge in [0.25, 0.3) is 0 Å². The summed E-state index contributed by atoms with van der Waals surface area (Å²) in [4.78, 5) is 36.9. The number of nitrogens with zero attached hydrogens (tertiary/aromatic N) is 3. The highest BCUT2D eigenvalue weighted by molar-refractivity contribution is 6.12. The first-order valence-electron chi connectivity index (χ1n) is 10.6. The van der Waals surface area contributed by atoms with E-state index in [9.17, 15) is 23.9 Å². The molecule has 0 aliphatic heterocycles. The molecular weight excluding hydrogens is 469 g/mol. The van der Waals surface area contributed by atoms with Gasteiger partial charge in [-0.2, -0.15) is 0 Å². The van der Waals surface area contributed by atoms with Crippen LogP contribution in [-0.2, 0) is 4.79 Å². The SMILES string of the molecule is COc1cc(NC(=O)O)c(NC(=O)CC(=O)c2cccc(-n3cnnc3)c2)cc1-c1ccccc1F. The first-order valence-corrected chi connectivity index (χ1v) is 10.6. The number of ether oxygens (including phenoxy) is 1. The molecule has 36 heavy (non-hydrogen) atoms. The molecule has 11 heteroatoms. The number of anilines is 2. The minimum Gasteiger partial charge on any atom is -0.496 e. The summed E-state index contributed by atoms with van der Waals surface area (Å²) in [6.45, 7) is 0. The number of methoxy groups -OCH3 is 1. The zero-order valence-electron chi connectivity index (χ0n) is 18.9. The van der Waals surface area contributed by atoms with E-state index in [1.54, 1.807) is 34.9 Å². The summed E-state index contributed by atoms with van der Waals surface area (Å²) in [5.41, 5.74) is 1.44. The Bertz CT molecular complexity index is 1440. The molecule has 4 rings (SSSR count). The molecular formula is C25H20FN5O5. The Morgan fingerprint density at radius 2 is 1.67 bits per heavy atom. The summed E-state index contributed by atoms with van der Waals surface area (Å²) in [5, 5.41) is 21.4. The van der Waals surface area contributed by atoms with E-state index in [1.165, 1.54) is 50.1 Å². The number of halogens is 1. The monoisotopic (exact) mass is 489 g/mol. The molecule has 0 saturated heterocycles. The summed E-state index contributed by atoms with van der Waals surface area (Å²) < 4.78 is 21.4. The topological polar surface area (TPSA) is 135 Å². The Kier molecular flexibility index (Phi) is 7.00. The van der Waals surface area contributed by atoms with Crippen LogP contribution in [0.2, 0.25) is 0 Å². The quantitative estimate of drug-likeness (QED) is 0.247. The second-order valence-corrected chi connectivity index (χ2v) is 7.58. The van der Waals surface area contributed by atoms with Crippen molar-refractivity contribution in [1.82, 2.24) is 14.8 Å². The lowest BCUT2D eigenvalue weighted by atomic mass is 10.0. The minimum atomic E-state index is -1.38. The van der Waals surface area contributed by atoms with Crippen LogP contribution < -0.4 is 15.4 Å². The fourth-order valence-electron chi connectivity index (χ4n) is 3.58. The zero-order chi connectivity index (χ0) is 25.7. The molecule has 3 aromatic carbocycles. The molecule has 3 N–H and O–H groups in total. The predicted molar refractivity (Wildman–Crippen MR) is 129 cm³/mol. The van der Waals surface area contributed by atoms with Crippen LogP contribution in [0.1, 0.15) is 16.8 Å². The van der Waals surface area contributed by atoms with E-state index >= 15 is 0 Å². The second kappa shape index (κ2) is 10.5. The van der Waals surface area contributed by atoms with Gasteiger partial charge < -0.3 is 15.2 Å². The number of ketones is 1. The number of rotatable bonds is 8. The first kappa shape index (κ1) is 24.1. The smallest absolute Gasteiger partial charge is 0.409 e. The number of benzene rings is 3. The van der Waals surface area contributed by atoms with E-state index in [0.29, 0.717) is 11.3 Å². The Hall–Kier alpha value is -5.06. The molecule has 0 aliphatic carbocycles. The lowest BCUT2D eigenvalue weighted by Crippen LogP contribution is -2.19. The molecule has 10 nitrogen and oxygen atoms in total. The van der Waals surface area contributed by atoms with Crippen molar-refractivity contribution in [3.8, 4) is 22.6 Å². The number of hydrogen-bond acceptors (Lipinski definition) is 6. The highest BCUT2D eigenvalue weighted by atomic mass is 19.1. The molecule has 1 aromatic heterocycles. The number of nitrogens with one attached hydrogen (secondary N) is 2. The van der Waals surface area contributed by atoms with E-state index in [1.807, 2.05) is 0 Å².